The van der Waals surface area contributed by atoms with E-state index in [4.69, 9.17) is 37.0 Å². The fourth-order valence-electron chi connectivity index (χ4n) is 12.5. The minimum Gasteiger partial charge on any atom is -0.462 e. The molecule has 0 saturated heterocycles. The van der Waals surface area contributed by atoms with Crippen LogP contribution in [-0.4, -0.2) is 96.7 Å². The highest BCUT2D eigenvalue weighted by Crippen LogP contribution is 2.45. The van der Waals surface area contributed by atoms with E-state index < -0.39 is 97.5 Å². The van der Waals surface area contributed by atoms with Crippen LogP contribution in [0.25, 0.3) is 0 Å². The van der Waals surface area contributed by atoms with Crippen molar-refractivity contribution in [1.29, 1.82) is 0 Å². The second-order valence-electron chi connectivity index (χ2n) is 30.1. The molecule has 0 aromatic carbocycles. The molecule has 0 fully saturated rings. The molecule has 0 radical (unpaired) electrons. The Bertz CT molecular complexity index is 1920. The highest BCUT2D eigenvalue weighted by molar-refractivity contribution is 7.47. The monoisotopic (exact) mass is 1470 g/mol. The maximum atomic E-state index is 13.1. The van der Waals surface area contributed by atoms with Crippen LogP contribution in [-0.2, 0) is 65.4 Å². The first-order chi connectivity index (χ1) is 48.4. The fraction of sp³-hybridized carbons (Fsp3) is 0.951. The number of hydrogen-bond acceptors (Lipinski definition) is 15. The molecule has 594 valence electrons. The number of hydrogen-bond donors (Lipinski definition) is 3. The topological polar surface area (TPSA) is 237 Å². The first-order valence-corrected chi connectivity index (χ1v) is 45.0. The molecule has 2 unspecified atom stereocenters. The molecule has 17 nitrogen and oxygen atoms in total. The van der Waals surface area contributed by atoms with Gasteiger partial charge in [-0.3, -0.25) is 37.3 Å². The molecule has 0 rings (SSSR count). The molecule has 19 heteroatoms. The second kappa shape index (κ2) is 72.6. The van der Waals surface area contributed by atoms with E-state index in [-0.39, 0.29) is 25.7 Å². The van der Waals surface area contributed by atoms with Gasteiger partial charge in [0.25, 0.3) is 0 Å². The Morgan fingerprint density at radius 3 is 0.680 bits per heavy atom. The summed E-state index contributed by atoms with van der Waals surface area (Å²) in [5, 5.41) is 10.6. The van der Waals surface area contributed by atoms with Gasteiger partial charge in [-0.1, -0.05) is 375 Å². The molecule has 3 N–H and O–H groups in total. The van der Waals surface area contributed by atoms with Crippen LogP contribution in [0.2, 0.25) is 0 Å². The average molecular weight is 1470 g/mol. The van der Waals surface area contributed by atoms with Gasteiger partial charge in [0.15, 0.2) is 12.2 Å². The third kappa shape index (κ3) is 74.3. The van der Waals surface area contributed by atoms with E-state index in [1.807, 2.05) is 0 Å². The lowest BCUT2D eigenvalue weighted by molar-refractivity contribution is -0.161. The third-order valence-corrected chi connectivity index (χ3v) is 20.9. The molecule has 0 spiro atoms. The molecule has 0 aliphatic heterocycles. The zero-order valence-corrected chi connectivity index (χ0v) is 67.3. The van der Waals surface area contributed by atoms with Gasteiger partial charge in [0.2, 0.25) is 0 Å². The molecule has 0 heterocycles. The van der Waals surface area contributed by atoms with E-state index in [1.54, 1.807) is 0 Å². The first kappa shape index (κ1) is 98.1. The van der Waals surface area contributed by atoms with Crippen LogP contribution in [0.3, 0.4) is 0 Å². The number of aliphatic hydroxyl groups is 1. The van der Waals surface area contributed by atoms with Crippen molar-refractivity contribution in [2.45, 2.75) is 445 Å². The summed E-state index contributed by atoms with van der Waals surface area (Å²) in [5.41, 5.74) is 0. The number of carbonyl (C=O) groups excluding carboxylic acids is 4. The van der Waals surface area contributed by atoms with Crippen LogP contribution >= 0.6 is 15.6 Å². The molecule has 0 aliphatic carbocycles. The SMILES string of the molecule is CCCCCCCCCCCCCCCCCCCCCCC(=O)O[C@H](COC(=O)CCCCCCCCCCCCCCCC)COP(=O)(O)OC[C@@H](O)COP(=O)(O)OC[C@@H](COC(=O)CCCCCCCCCCCCC(C)C)OC(=O)CCCCCCCCCCCCC(C)C. The molecule has 5 atom stereocenters. The van der Waals surface area contributed by atoms with Crippen LogP contribution in [0.5, 0.6) is 0 Å². The van der Waals surface area contributed by atoms with Crippen molar-refractivity contribution in [1.82, 2.24) is 0 Å². The van der Waals surface area contributed by atoms with E-state index in [9.17, 15) is 43.2 Å². The maximum Gasteiger partial charge on any atom is 0.472 e. The van der Waals surface area contributed by atoms with Crippen LogP contribution in [0, 0.1) is 11.8 Å². The minimum absolute atomic E-state index is 0.106. The molecule has 100 heavy (non-hydrogen) atoms. The van der Waals surface area contributed by atoms with Crippen molar-refractivity contribution in [3.63, 3.8) is 0 Å². The summed E-state index contributed by atoms with van der Waals surface area (Å²) in [6.45, 7) is 9.62. The quantitative estimate of drug-likeness (QED) is 0.0222. The van der Waals surface area contributed by atoms with Gasteiger partial charge >= 0.3 is 39.5 Å². The van der Waals surface area contributed by atoms with Gasteiger partial charge in [-0.25, -0.2) is 9.13 Å². The Balaban J connectivity index is 5.24. The van der Waals surface area contributed by atoms with Crippen molar-refractivity contribution in [2.75, 3.05) is 39.6 Å². The van der Waals surface area contributed by atoms with Crippen LogP contribution in [0.15, 0.2) is 0 Å². The zero-order valence-electron chi connectivity index (χ0n) is 65.5. The summed E-state index contributed by atoms with van der Waals surface area (Å²) in [6.07, 6.45) is 62.4. The van der Waals surface area contributed by atoms with Gasteiger partial charge in [-0.05, 0) is 37.5 Å². The lowest BCUT2D eigenvalue weighted by Gasteiger charge is -2.21. The third-order valence-electron chi connectivity index (χ3n) is 19.0. The largest absolute Gasteiger partial charge is 0.472 e. The predicted molar refractivity (Wildman–Crippen MR) is 409 cm³/mol. The molecule has 0 bridgehead atoms. The van der Waals surface area contributed by atoms with Gasteiger partial charge in [0, 0.05) is 25.7 Å². The number of phosphoric ester groups is 2. The van der Waals surface area contributed by atoms with E-state index >= 15 is 0 Å². The molecular weight excluding hydrogens is 1310 g/mol. The Labute approximate surface area is 613 Å². The summed E-state index contributed by atoms with van der Waals surface area (Å²) in [5.74, 6) is -0.598. The maximum absolute atomic E-state index is 13.1. The van der Waals surface area contributed by atoms with Gasteiger partial charge in [0.05, 0.1) is 26.4 Å². The molecular formula is C81H158O17P2. The lowest BCUT2D eigenvalue weighted by atomic mass is 10.0. The number of rotatable bonds is 80. The standard InChI is InChI=1S/C81H158O17P2/c1-7-9-11-13-15-17-19-21-23-24-25-26-27-28-30-32-41-47-53-59-65-80(85)97-76(69-91-78(83)63-57-51-45-39-31-29-22-20-18-16-14-12-10-8-2)71-95-99(87,88)93-67-75(82)68-94-100(89,90)96-72-77(98-81(86)66-60-54-48-42-36-34-38-44-50-56-62-74(5)6)70-92-79(84)64-58-52-46-40-35-33-37-43-49-55-61-73(3)4/h73-77,82H,7-72H2,1-6H3,(H,87,88)(H,89,90)/t75-,76-,77-/m1/s1. The molecule has 0 aromatic heterocycles. The normalized spacial score (nSPS) is 13.9. The van der Waals surface area contributed by atoms with Crippen molar-refractivity contribution in [2.24, 2.45) is 11.8 Å². The van der Waals surface area contributed by atoms with E-state index in [0.717, 1.165) is 102 Å². The van der Waals surface area contributed by atoms with Gasteiger partial charge in [0.1, 0.15) is 19.3 Å². The van der Waals surface area contributed by atoms with Crippen molar-refractivity contribution < 1.29 is 80.2 Å². The van der Waals surface area contributed by atoms with E-state index in [2.05, 4.69) is 41.5 Å². The van der Waals surface area contributed by atoms with Crippen LogP contribution < -0.4 is 0 Å². The molecule has 0 aliphatic rings. The highest BCUT2D eigenvalue weighted by atomic mass is 31.2. The summed E-state index contributed by atoms with van der Waals surface area (Å²) in [7, 11) is -9.92. The van der Waals surface area contributed by atoms with Crippen LogP contribution in [0.1, 0.15) is 427 Å². The van der Waals surface area contributed by atoms with E-state index in [0.29, 0.717) is 25.7 Å². The number of esters is 4. The Kier molecular flexibility index (Phi) is 71.2. The zero-order chi connectivity index (χ0) is 73.5. The van der Waals surface area contributed by atoms with Crippen molar-refractivity contribution in [3.05, 3.63) is 0 Å². The van der Waals surface area contributed by atoms with Gasteiger partial charge in [-0.15, -0.1) is 0 Å². The number of aliphatic hydroxyl groups excluding tert-OH is 1. The van der Waals surface area contributed by atoms with Crippen LogP contribution in [0.4, 0.5) is 0 Å². The summed E-state index contributed by atoms with van der Waals surface area (Å²) in [6, 6.07) is 0. The number of unbranched alkanes of at least 4 members (excludes halogenated alkanes) is 50. The highest BCUT2D eigenvalue weighted by Gasteiger charge is 2.30. The summed E-state index contributed by atoms with van der Waals surface area (Å²) >= 11 is 0. The Hall–Kier alpha value is -1.94. The summed E-state index contributed by atoms with van der Waals surface area (Å²) in [4.78, 5) is 73.0. The molecule has 0 saturated carbocycles. The van der Waals surface area contributed by atoms with E-state index in [1.165, 1.54) is 244 Å². The number of ether oxygens (including phenoxy) is 4. The minimum atomic E-state index is -4.96. The van der Waals surface area contributed by atoms with Gasteiger partial charge in [-0.2, -0.15) is 0 Å². The smallest absolute Gasteiger partial charge is 0.462 e. The number of carbonyl (C=O) groups is 4. The lowest BCUT2D eigenvalue weighted by Crippen LogP contribution is -2.30. The van der Waals surface area contributed by atoms with Crippen molar-refractivity contribution >= 4 is 39.5 Å². The average Bonchev–Trinajstić information content (AvgIpc) is 1.12. The van der Waals surface area contributed by atoms with Crippen molar-refractivity contribution in [3.8, 4) is 0 Å². The Morgan fingerprint density at radius 2 is 0.460 bits per heavy atom. The summed E-state index contributed by atoms with van der Waals surface area (Å²) < 4.78 is 68.7. The fourth-order valence-corrected chi connectivity index (χ4v) is 14.1. The van der Waals surface area contributed by atoms with Gasteiger partial charge < -0.3 is 33.8 Å². The first-order valence-electron chi connectivity index (χ1n) is 42.0. The predicted octanol–water partition coefficient (Wildman–Crippen LogP) is 24.3. The molecule has 0 amide bonds. The number of phosphoric acid groups is 2. The molecule has 0 aromatic rings. The second-order valence-corrected chi connectivity index (χ2v) is 33.0. The Morgan fingerprint density at radius 1 is 0.270 bits per heavy atom.